The van der Waals surface area contributed by atoms with Crippen LogP contribution >= 0.6 is 0 Å². The van der Waals surface area contributed by atoms with Gasteiger partial charge in [0.25, 0.3) is 0 Å². The summed E-state index contributed by atoms with van der Waals surface area (Å²) in [5, 5.41) is 12.8. The molecule has 0 spiro atoms. The molecule has 2 N–H and O–H groups in total. The molecule has 130 valence electrons. The van der Waals surface area contributed by atoms with Crippen molar-refractivity contribution in [1.29, 1.82) is 0 Å². The second kappa shape index (κ2) is 7.38. The number of phenolic OH excluding ortho intramolecular Hbond substituents is 1. The highest BCUT2D eigenvalue weighted by molar-refractivity contribution is 5.89. The number of phenols is 1. The molecule has 0 aliphatic heterocycles. The van der Waals surface area contributed by atoms with E-state index in [4.69, 9.17) is 4.74 Å². The number of amides is 1. The van der Waals surface area contributed by atoms with E-state index in [-0.39, 0.29) is 30.1 Å². The second-order valence-electron chi connectivity index (χ2n) is 6.11. The third-order valence-corrected chi connectivity index (χ3v) is 4.41. The molecule has 0 saturated heterocycles. The molecule has 1 aliphatic carbocycles. The van der Waals surface area contributed by atoms with Crippen molar-refractivity contribution in [2.45, 2.75) is 25.3 Å². The largest absolute Gasteiger partial charge is 0.508 e. The van der Waals surface area contributed by atoms with Gasteiger partial charge in [0.2, 0.25) is 5.91 Å². The Bertz CT molecular complexity index is 759. The summed E-state index contributed by atoms with van der Waals surface area (Å²) >= 11 is 0. The SMILES string of the molecule is CCOC(=O)C(NC(=O)[C@@H]1C[C@H]1c1ccccc1)c1ccccc1O. The molecule has 25 heavy (non-hydrogen) atoms. The zero-order chi connectivity index (χ0) is 17.8. The first kappa shape index (κ1) is 17.0. The van der Waals surface area contributed by atoms with Gasteiger partial charge in [0.05, 0.1) is 6.61 Å². The van der Waals surface area contributed by atoms with Crippen molar-refractivity contribution in [3.63, 3.8) is 0 Å². The maximum atomic E-state index is 12.6. The molecule has 1 aliphatic rings. The molecule has 1 fully saturated rings. The van der Waals surface area contributed by atoms with Crippen LogP contribution in [0.2, 0.25) is 0 Å². The molecule has 0 heterocycles. The molecule has 3 rings (SSSR count). The summed E-state index contributed by atoms with van der Waals surface area (Å²) in [6.45, 7) is 1.91. The minimum atomic E-state index is -1.01. The van der Waals surface area contributed by atoms with E-state index in [9.17, 15) is 14.7 Å². The van der Waals surface area contributed by atoms with Gasteiger partial charge in [-0.25, -0.2) is 4.79 Å². The number of carbonyl (C=O) groups is 2. The molecule has 5 heteroatoms. The van der Waals surface area contributed by atoms with Gasteiger partial charge in [-0.3, -0.25) is 4.79 Å². The van der Waals surface area contributed by atoms with E-state index in [1.54, 1.807) is 25.1 Å². The Balaban J connectivity index is 1.74. The number of para-hydroxylation sites is 1. The van der Waals surface area contributed by atoms with Crippen LogP contribution in [-0.2, 0) is 14.3 Å². The summed E-state index contributed by atoms with van der Waals surface area (Å²) in [6, 6.07) is 15.3. The molecular weight excluding hydrogens is 318 g/mol. The molecule has 0 bridgehead atoms. The fourth-order valence-electron chi connectivity index (χ4n) is 3.02. The van der Waals surface area contributed by atoms with Crippen molar-refractivity contribution in [2.75, 3.05) is 6.61 Å². The van der Waals surface area contributed by atoms with Crippen molar-refractivity contribution in [1.82, 2.24) is 5.32 Å². The molecule has 0 radical (unpaired) electrons. The number of esters is 1. The van der Waals surface area contributed by atoms with E-state index in [0.29, 0.717) is 5.56 Å². The van der Waals surface area contributed by atoms with Gasteiger partial charge in [0.15, 0.2) is 6.04 Å². The molecule has 1 amide bonds. The number of aromatic hydroxyl groups is 1. The maximum Gasteiger partial charge on any atom is 0.333 e. The molecule has 2 aromatic rings. The van der Waals surface area contributed by atoms with Gasteiger partial charge in [-0.15, -0.1) is 0 Å². The van der Waals surface area contributed by atoms with Crippen LogP contribution in [0.1, 0.15) is 36.4 Å². The number of hydrogen-bond donors (Lipinski definition) is 2. The summed E-state index contributed by atoms with van der Waals surface area (Å²) in [7, 11) is 0. The maximum absolute atomic E-state index is 12.6. The van der Waals surface area contributed by atoms with Crippen molar-refractivity contribution in [3.8, 4) is 5.75 Å². The topological polar surface area (TPSA) is 75.6 Å². The van der Waals surface area contributed by atoms with Gasteiger partial charge < -0.3 is 15.2 Å². The van der Waals surface area contributed by atoms with Crippen LogP contribution < -0.4 is 5.32 Å². The summed E-state index contributed by atoms with van der Waals surface area (Å²) in [5.41, 5.74) is 1.46. The highest BCUT2D eigenvalue weighted by atomic mass is 16.5. The first-order chi connectivity index (χ1) is 12.1. The molecule has 3 atom stereocenters. The normalized spacial score (nSPS) is 19.7. The lowest BCUT2D eigenvalue weighted by molar-refractivity contribution is -0.147. The van der Waals surface area contributed by atoms with Crippen molar-refractivity contribution in [2.24, 2.45) is 5.92 Å². The van der Waals surface area contributed by atoms with Gasteiger partial charge in [0.1, 0.15) is 5.75 Å². The Labute approximate surface area is 146 Å². The van der Waals surface area contributed by atoms with Crippen LogP contribution in [0, 0.1) is 5.92 Å². The minimum absolute atomic E-state index is 0.0451. The number of hydrogen-bond acceptors (Lipinski definition) is 4. The zero-order valence-corrected chi connectivity index (χ0v) is 14.0. The number of ether oxygens (including phenoxy) is 1. The van der Waals surface area contributed by atoms with Crippen LogP contribution in [0.15, 0.2) is 54.6 Å². The third-order valence-electron chi connectivity index (χ3n) is 4.41. The fraction of sp³-hybridized carbons (Fsp3) is 0.300. The van der Waals surface area contributed by atoms with Gasteiger partial charge in [-0.2, -0.15) is 0 Å². The average Bonchev–Trinajstić information content (AvgIpc) is 3.42. The first-order valence-corrected chi connectivity index (χ1v) is 8.41. The summed E-state index contributed by atoms with van der Waals surface area (Å²) in [6.07, 6.45) is 0.756. The monoisotopic (exact) mass is 339 g/mol. The van der Waals surface area contributed by atoms with E-state index >= 15 is 0 Å². The van der Waals surface area contributed by atoms with Crippen molar-refractivity contribution >= 4 is 11.9 Å². The number of carbonyl (C=O) groups excluding carboxylic acids is 2. The van der Waals surface area contributed by atoms with Crippen LogP contribution in [0.25, 0.3) is 0 Å². The average molecular weight is 339 g/mol. The fourth-order valence-corrected chi connectivity index (χ4v) is 3.02. The Kier molecular flexibility index (Phi) is 5.03. The first-order valence-electron chi connectivity index (χ1n) is 8.41. The minimum Gasteiger partial charge on any atom is -0.508 e. The van der Waals surface area contributed by atoms with Crippen molar-refractivity contribution < 1.29 is 19.4 Å². The smallest absolute Gasteiger partial charge is 0.333 e. The van der Waals surface area contributed by atoms with Gasteiger partial charge in [0, 0.05) is 11.5 Å². The molecule has 2 aromatic carbocycles. The van der Waals surface area contributed by atoms with E-state index in [2.05, 4.69) is 5.32 Å². The Hall–Kier alpha value is -2.82. The van der Waals surface area contributed by atoms with Gasteiger partial charge in [-0.05, 0) is 30.9 Å². The Morgan fingerprint density at radius 2 is 1.84 bits per heavy atom. The van der Waals surface area contributed by atoms with Gasteiger partial charge >= 0.3 is 5.97 Å². The predicted octanol–water partition coefficient (Wildman–Crippen LogP) is 2.92. The lowest BCUT2D eigenvalue weighted by atomic mass is 10.0. The summed E-state index contributed by atoms with van der Waals surface area (Å²) in [4.78, 5) is 24.9. The molecule has 0 aromatic heterocycles. The summed E-state index contributed by atoms with van der Waals surface area (Å²) in [5.74, 6) is -0.806. The molecular formula is C20H21NO4. The predicted molar refractivity (Wildman–Crippen MR) is 92.9 cm³/mol. The van der Waals surface area contributed by atoms with Crippen molar-refractivity contribution in [3.05, 3.63) is 65.7 Å². The lowest BCUT2D eigenvalue weighted by Crippen LogP contribution is -2.36. The highest BCUT2D eigenvalue weighted by Gasteiger charge is 2.45. The molecule has 1 unspecified atom stereocenters. The Morgan fingerprint density at radius 1 is 1.16 bits per heavy atom. The van der Waals surface area contributed by atoms with E-state index < -0.39 is 12.0 Å². The second-order valence-corrected chi connectivity index (χ2v) is 6.11. The van der Waals surface area contributed by atoms with E-state index in [1.807, 2.05) is 30.3 Å². The van der Waals surface area contributed by atoms with E-state index in [0.717, 1.165) is 12.0 Å². The molecule has 1 saturated carbocycles. The van der Waals surface area contributed by atoms with E-state index in [1.165, 1.54) is 6.07 Å². The Morgan fingerprint density at radius 3 is 2.52 bits per heavy atom. The van der Waals surface area contributed by atoms with Crippen LogP contribution in [-0.4, -0.2) is 23.6 Å². The van der Waals surface area contributed by atoms with Crippen LogP contribution in [0.5, 0.6) is 5.75 Å². The van der Waals surface area contributed by atoms with Crippen LogP contribution in [0.4, 0.5) is 0 Å². The standard InChI is InChI=1S/C20H21NO4/c1-2-25-20(24)18(14-10-6-7-11-17(14)22)21-19(23)16-12-15(16)13-8-4-3-5-9-13/h3-11,15-16,18,22H,2,12H2,1H3,(H,21,23)/t15-,16+,18?/m0/s1. The highest BCUT2D eigenvalue weighted by Crippen LogP contribution is 2.47. The zero-order valence-electron chi connectivity index (χ0n) is 14.0. The number of benzene rings is 2. The van der Waals surface area contributed by atoms with Gasteiger partial charge in [-0.1, -0.05) is 48.5 Å². The quantitative estimate of drug-likeness (QED) is 0.794. The van der Waals surface area contributed by atoms with Crippen LogP contribution in [0.3, 0.4) is 0 Å². The number of nitrogens with one attached hydrogen (secondary N) is 1. The molecule has 5 nitrogen and oxygen atoms in total. The third kappa shape index (κ3) is 3.82. The lowest BCUT2D eigenvalue weighted by Gasteiger charge is -2.18. The summed E-state index contributed by atoms with van der Waals surface area (Å²) < 4.78 is 5.06. The number of rotatable bonds is 6.